The van der Waals surface area contributed by atoms with Gasteiger partial charge < -0.3 is 9.84 Å². The molecule has 0 unspecified atom stereocenters. The zero-order valence-electron chi connectivity index (χ0n) is 14.8. The van der Waals surface area contributed by atoms with Gasteiger partial charge in [0.15, 0.2) is 5.82 Å². The molecule has 2 aromatic heterocycles. The predicted octanol–water partition coefficient (Wildman–Crippen LogP) is 2.16. The van der Waals surface area contributed by atoms with Crippen LogP contribution in [0.25, 0.3) is 0 Å². The Balaban J connectivity index is 1.40. The van der Waals surface area contributed by atoms with Crippen LogP contribution in [0.1, 0.15) is 69.1 Å². The molecule has 26 heavy (non-hydrogen) atoms. The Labute approximate surface area is 155 Å². The van der Waals surface area contributed by atoms with E-state index in [1.165, 1.54) is 24.6 Å². The molecular weight excluding hydrogens is 354 g/mol. The average Bonchev–Trinajstić information content (AvgIpc) is 3.39. The second-order valence-corrected chi connectivity index (χ2v) is 8.05. The van der Waals surface area contributed by atoms with Crippen LogP contribution in [0, 0.1) is 6.92 Å². The van der Waals surface area contributed by atoms with Crippen molar-refractivity contribution in [2.75, 3.05) is 5.75 Å². The van der Waals surface area contributed by atoms with Crippen molar-refractivity contribution >= 4 is 17.7 Å². The zero-order valence-corrected chi connectivity index (χ0v) is 15.7. The van der Waals surface area contributed by atoms with Gasteiger partial charge in [0.05, 0.1) is 11.8 Å². The molecule has 2 saturated carbocycles. The van der Waals surface area contributed by atoms with E-state index in [2.05, 4.69) is 31.0 Å². The summed E-state index contributed by atoms with van der Waals surface area (Å²) in [5.74, 6) is 1.32. The van der Waals surface area contributed by atoms with Crippen LogP contribution in [0.2, 0.25) is 0 Å². The normalized spacial score (nSPS) is 19.9. The first-order valence-electron chi connectivity index (χ1n) is 9.19. The number of aryl methyl sites for hydroxylation is 1. The van der Waals surface area contributed by atoms with E-state index in [9.17, 15) is 4.79 Å². The molecule has 1 amide bonds. The lowest BCUT2D eigenvalue weighted by atomic mass is 9.96. The summed E-state index contributed by atoms with van der Waals surface area (Å²) >= 11 is 1.38. The van der Waals surface area contributed by atoms with Crippen LogP contribution in [-0.4, -0.2) is 42.0 Å². The molecule has 1 N–H and O–H groups in total. The van der Waals surface area contributed by atoms with Crippen LogP contribution in [0.4, 0.5) is 0 Å². The first kappa shape index (κ1) is 17.4. The fourth-order valence-corrected chi connectivity index (χ4v) is 4.71. The Morgan fingerprint density at radius 1 is 1.31 bits per heavy atom. The SMILES string of the molecule is Cc1nc(C2(NC(=O)CSc3nnnn3C3CCCC3)CCCC2)no1. The van der Waals surface area contributed by atoms with E-state index < -0.39 is 5.54 Å². The Kier molecular flexibility index (Phi) is 4.92. The lowest BCUT2D eigenvalue weighted by molar-refractivity contribution is -0.120. The van der Waals surface area contributed by atoms with E-state index >= 15 is 0 Å². The molecule has 2 aliphatic rings. The van der Waals surface area contributed by atoms with E-state index in [1.807, 2.05) is 4.68 Å². The van der Waals surface area contributed by atoms with Gasteiger partial charge >= 0.3 is 0 Å². The summed E-state index contributed by atoms with van der Waals surface area (Å²) in [6, 6.07) is 0.360. The van der Waals surface area contributed by atoms with Gasteiger partial charge in [0, 0.05) is 6.92 Å². The average molecular weight is 377 g/mol. The Hall–Kier alpha value is -1.97. The van der Waals surface area contributed by atoms with Crippen LogP contribution in [0.3, 0.4) is 0 Å². The van der Waals surface area contributed by atoms with Crippen LogP contribution in [0.5, 0.6) is 0 Å². The van der Waals surface area contributed by atoms with Crippen LogP contribution in [0.15, 0.2) is 9.68 Å². The van der Waals surface area contributed by atoms with Crippen molar-refractivity contribution in [1.29, 1.82) is 0 Å². The summed E-state index contributed by atoms with van der Waals surface area (Å²) in [5, 5.41) is 19.9. The summed E-state index contributed by atoms with van der Waals surface area (Å²) in [5.41, 5.74) is -0.507. The Morgan fingerprint density at radius 2 is 2.08 bits per heavy atom. The van der Waals surface area contributed by atoms with Crippen molar-refractivity contribution in [1.82, 2.24) is 35.7 Å². The topological polar surface area (TPSA) is 112 Å². The standard InChI is InChI=1S/C16H23N7O2S/c1-11-17-14(20-25-11)16(8-4-5-9-16)18-13(24)10-26-15-19-21-22-23(15)12-6-2-3-7-12/h12H,2-10H2,1H3,(H,18,24). The van der Waals surface area contributed by atoms with E-state index in [0.29, 0.717) is 22.9 Å². The maximum absolute atomic E-state index is 12.6. The second-order valence-electron chi connectivity index (χ2n) is 7.11. The van der Waals surface area contributed by atoms with Gasteiger partial charge in [-0.2, -0.15) is 4.98 Å². The van der Waals surface area contributed by atoms with Gasteiger partial charge in [0.25, 0.3) is 0 Å². The molecular formula is C16H23N7O2S. The van der Waals surface area contributed by atoms with Crippen LogP contribution >= 0.6 is 11.8 Å². The predicted molar refractivity (Wildman–Crippen MR) is 93.4 cm³/mol. The van der Waals surface area contributed by atoms with Gasteiger partial charge in [-0.25, -0.2) is 4.68 Å². The number of rotatable bonds is 6. The largest absolute Gasteiger partial charge is 0.342 e. The maximum Gasteiger partial charge on any atom is 0.231 e. The number of nitrogens with zero attached hydrogens (tertiary/aromatic N) is 6. The minimum Gasteiger partial charge on any atom is -0.342 e. The third-order valence-electron chi connectivity index (χ3n) is 5.26. The van der Waals surface area contributed by atoms with Gasteiger partial charge in [-0.15, -0.1) is 5.10 Å². The summed E-state index contributed by atoms with van der Waals surface area (Å²) in [6.45, 7) is 1.76. The van der Waals surface area contributed by atoms with Gasteiger partial charge in [-0.3, -0.25) is 4.79 Å². The van der Waals surface area contributed by atoms with Crippen LogP contribution < -0.4 is 5.32 Å². The first-order valence-corrected chi connectivity index (χ1v) is 10.2. The molecule has 0 saturated heterocycles. The van der Waals surface area contributed by atoms with Crippen molar-refractivity contribution in [3.05, 3.63) is 11.7 Å². The molecule has 2 aliphatic carbocycles. The molecule has 10 heteroatoms. The number of amides is 1. The van der Waals surface area contributed by atoms with E-state index in [4.69, 9.17) is 4.52 Å². The fraction of sp³-hybridized carbons (Fsp3) is 0.750. The lowest BCUT2D eigenvalue weighted by Gasteiger charge is -2.26. The zero-order chi connectivity index (χ0) is 18.0. The number of carbonyl (C=O) groups excluding carboxylic acids is 1. The fourth-order valence-electron chi connectivity index (χ4n) is 3.97. The van der Waals surface area contributed by atoms with Crippen molar-refractivity contribution in [3.63, 3.8) is 0 Å². The molecule has 0 aromatic carbocycles. The quantitative estimate of drug-likeness (QED) is 0.762. The molecule has 0 radical (unpaired) electrons. The molecule has 0 bridgehead atoms. The van der Waals surface area contributed by atoms with Gasteiger partial charge in [0.2, 0.25) is 17.0 Å². The lowest BCUT2D eigenvalue weighted by Crippen LogP contribution is -2.45. The molecule has 4 rings (SSSR count). The number of carbonyl (C=O) groups is 1. The third kappa shape index (κ3) is 3.46. The third-order valence-corrected chi connectivity index (χ3v) is 6.19. The highest BCUT2D eigenvalue weighted by molar-refractivity contribution is 7.99. The molecule has 2 aromatic rings. The maximum atomic E-state index is 12.6. The molecule has 0 atom stereocenters. The van der Waals surface area contributed by atoms with Crippen molar-refractivity contribution < 1.29 is 9.32 Å². The summed E-state index contributed by atoms with van der Waals surface area (Å²) in [4.78, 5) is 17.0. The number of thioether (sulfide) groups is 1. The minimum absolute atomic E-state index is 0.0553. The molecule has 2 heterocycles. The van der Waals surface area contributed by atoms with Crippen molar-refractivity contribution in [2.45, 2.75) is 75.0 Å². The van der Waals surface area contributed by atoms with Crippen LogP contribution in [-0.2, 0) is 10.3 Å². The highest BCUT2D eigenvalue weighted by Gasteiger charge is 2.41. The smallest absolute Gasteiger partial charge is 0.231 e. The van der Waals surface area contributed by atoms with Gasteiger partial charge in [0.1, 0.15) is 5.54 Å². The molecule has 2 fully saturated rings. The molecule has 140 valence electrons. The van der Waals surface area contributed by atoms with Crippen molar-refractivity contribution in [2.24, 2.45) is 0 Å². The molecule has 0 aliphatic heterocycles. The molecule has 0 spiro atoms. The highest BCUT2D eigenvalue weighted by Crippen LogP contribution is 2.37. The summed E-state index contributed by atoms with van der Waals surface area (Å²) in [7, 11) is 0. The summed E-state index contributed by atoms with van der Waals surface area (Å²) in [6.07, 6.45) is 8.38. The number of hydrogen-bond acceptors (Lipinski definition) is 8. The Morgan fingerprint density at radius 3 is 2.77 bits per heavy atom. The Bertz CT molecular complexity index is 762. The summed E-state index contributed by atoms with van der Waals surface area (Å²) < 4.78 is 7.00. The number of hydrogen-bond donors (Lipinski definition) is 1. The van der Waals surface area contributed by atoms with Gasteiger partial charge in [-0.05, 0) is 36.1 Å². The van der Waals surface area contributed by atoms with Gasteiger partial charge in [-0.1, -0.05) is 42.6 Å². The number of aromatic nitrogens is 6. The first-order chi connectivity index (χ1) is 12.7. The monoisotopic (exact) mass is 377 g/mol. The van der Waals surface area contributed by atoms with E-state index in [0.717, 1.165) is 38.5 Å². The second kappa shape index (κ2) is 7.34. The highest BCUT2D eigenvalue weighted by atomic mass is 32.2. The number of tetrazole rings is 1. The van der Waals surface area contributed by atoms with Crippen molar-refractivity contribution in [3.8, 4) is 0 Å². The van der Waals surface area contributed by atoms with E-state index in [-0.39, 0.29) is 11.7 Å². The molecule has 9 nitrogen and oxygen atoms in total. The number of nitrogens with one attached hydrogen (secondary N) is 1. The van der Waals surface area contributed by atoms with E-state index in [1.54, 1.807) is 6.92 Å². The minimum atomic E-state index is -0.507.